The van der Waals surface area contributed by atoms with E-state index in [0.717, 1.165) is 0 Å². The van der Waals surface area contributed by atoms with Crippen LogP contribution < -0.4 is 17.2 Å². The molecule has 0 bridgehead atoms. The lowest BCUT2D eigenvalue weighted by Crippen LogP contribution is -2.31. The summed E-state index contributed by atoms with van der Waals surface area (Å²) in [4.78, 5) is 29.7. The Kier molecular flexibility index (Phi) is 9.44. The van der Waals surface area contributed by atoms with Gasteiger partial charge >= 0.3 is 5.97 Å². The normalized spacial score (nSPS) is 10.8. The topological polar surface area (TPSA) is 150 Å². The van der Waals surface area contributed by atoms with Gasteiger partial charge in [0.1, 0.15) is 6.04 Å². The third kappa shape index (κ3) is 15.2. The molecule has 0 saturated heterocycles. The van der Waals surface area contributed by atoms with Gasteiger partial charge in [-0.25, -0.2) is 0 Å². The van der Waals surface area contributed by atoms with Crippen molar-refractivity contribution in [3.63, 3.8) is 0 Å². The summed E-state index contributed by atoms with van der Waals surface area (Å²) in [5.74, 6) is -1.89. The monoisotopic (exact) mass is 219 g/mol. The van der Waals surface area contributed by atoms with Gasteiger partial charge in [-0.2, -0.15) is 0 Å². The number of carbonyl (C=O) groups excluding carboxylic acids is 2. The fourth-order valence-electron chi connectivity index (χ4n) is 0.421. The van der Waals surface area contributed by atoms with Crippen LogP contribution in [0.25, 0.3) is 0 Å². The Labute approximate surface area is 87.6 Å². The van der Waals surface area contributed by atoms with Gasteiger partial charge in [0, 0.05) is 12.8 Å². The molecule has 0 radical (unpaired) electrons. The molecule has 15 heavy (non-hydrogen) atoms. The second kappa shape index (κ2) is 8.95. The Morgan fingerprint density at radius 1 is 1.20 bits per heavy atom. The average molecular weight is 219 g/mol. The zero-order valence-corrected chi connectivity index (χ0v) is 8.60. The van der Waals surface area contributed by atoms with Crippen molar-refractivity contribution < 1.29 is 19.5 Å². The maximum absolute atomic E-state index is 10.1. The van der Waals surface area contributed by atoms with Crippen LogP contribution in [0, 0.1) is 0 Å². The van der Waals surface area contributed by atoms with Crippen LogP contribution >= 0.6 is 0 Å². The zero-order chi connectivity index (χ0) is 12.4. The van der Waals surface area contributed by atoms with E-state index in [1.54, 1.807) is 6.92 Å². The number of carboxylic acid groups (broad SMARTS) is 1. The SMILES string of the molecule is CCC(N)=O.NC(=O)CCC(N)C(=O)O. The van der Waals surface area contributed by atoms with E-state index in [1.807, 2.05) is 0 Å². The molecule has 7 N–H and O–H groups in total. The fraction of sp³-hybridized carbons (Fsp3) is 0.625. The molecule has 0 aliphatic heterocycles. The van der Waals surface area contributed by atoms with Gasteiger partial charge < -0.3 is 22.3 Å². The molecule has 0 aromatic heterocycles. The minimum Gasteiger partial charge on any atom is -0.480 e. The minimum atomic E-state index is -1.11. The first-order valence-corrected chi connectivity index (χ1v) is 4.36. The van der Waals surface area contributed by atoms with E-state index in [1.165, 1.54) is 0 Å². The van der Waals surface area contributed by atoms with E-state index < -0.39 is 17.9 Å². The summed E-state index contributed by atoms with van der Waals surface area (Å²) >= 11 is 0. The van der Waals surface area contributed by atoms with Crippen molar-refractivity contribution in [1.29, 1.82) is 0 Å². The van der Waals surface area contributed by atoms with Crippen molar-refractivity contribution in [2.75, 3.05) is 0 Å². The van der Waals surface area contributed by atoms with Crippen molar-refractivity contribution in [3.05, 3.63) is 0 Å². The highest BCUT2D eigenvalue weighted by molar-refractivity contribution is 5.77. The molecule has 0 aromatic carbocycles. The van der Waals surface area contributed by atoms with E-state index >= 15 is 0 Å². The van der Waals surface area contributed by atoms with Crippen LogP contribution in [-0.2, 0) is 14.4 Å². The summed E-state index contributed by atoms with van der Waals surface area (Å²) in [6.45, 7) is 1.72. The number of carboxylic acids is 1. The second-order valence-corrected chi connectivity index (χ2v) is 2.77. The number of hydrogen-bond donors (Lipinski definition) is 4. The molecule has 88 valence electrons. The van der Waals surface area contributed by atoms with Crippen LogP contribution in [0.3, 0.4) is 0 Å². The lowest BCUT2D eigenvalue weighted by Gasteiger charge is -2.01. The lowest BCUT2D eigenvalue weighted by molar-refractivity contribution is -0.138. The van der Waals surface area contributed by atoms with Crippen LogP contribution in [-0.4, -0.2) is 28.9 Å². The van der Waals surface area contributed by atoms with Crippen molar-refractivity contribution in [1.82, 2.24) is 0 Å². The standard InChI is InChI=1S/C5H10N2O3.C3H7NO/c6-3(5(9)10)1-2-4(7)8;1-2-3(4)5/h3H,1-2,6H2,(H2,7,8)(H,9,10);2H2,1H3,(H2,4,5). The maximum atomic E-state index is 10.1. The highest BCUT2D eigenvalue weighted by Gasteiger charge is 2.11. The molecule has 0 rings (SSSR count). The maximum Gasteiger partial charge on any atom is 0.320 e. The largest absolute Gasteiger partial charge is 0.480 e. The van der Waals surface area contributed by atoms with Crippen molar-refractivity contribution in [2.24, 2.45) is 17.2 Å². The number of aliphatic carboxylic acids is 1. The van der Waals surface area contributed by atoms with Crippen LogP contribution in [0.5, 0.6) is 0 Å². The first kappa shape index (κ1) is 15.8. The molecule has 0 aliphatic rings. The summed E-state index contributed by atoms with van der Waals surface area (Å²) in [6.07, 6.45) is 0.568. The number of nitrogens with two attached hydrogens (primary N) is 3. The minimum absolute atomic E-state index is 0.0213. The predicted octanol–water partition coefficient (Wildman–Crippen LogP) is -1.45. The molecule has 0 saturated carbocycles. The summed E-state index contributed by atoms with van der Waals surface area (Å²) < 4.78 is 0. The van der Waals surface area contributed by atoms with E-state index in [-0.39, 0.29) is 18.7 Å². The predicted molar refractivity (Wildman–Crippen MR) is 53.5 cm³/mol. The van der Waals surface area contributed by atoms with E-state index in [2.05, 4.69) is 5.73 Å². The Morgan fingerprint density at radius 3 is 1.80 bits per heavy atom. The Bertz CT molecular complexity index is 230. The average Bonchev–Trinajstić information content (AvgIpc) is 2.14. The molecule has 0 fully saturated rings. The van der Waals surface area contributed by atoms with Gasteiger partial charge in [0.2, 0.25) is 11.8 Å². The van der Waals surface area contributed by atoms with E-state index in [4.69, 9.17) is 16.6 Å². The Balaban J connectivity index is 0. The first-order valence-electron chi connectivity index (χ1n) is 4.36. The number of carbonyl (C=O) groups is 3. The van der Waals surface area contributed by atoms with Gasteiger partial charge in [-0.05, 0) is 6.42 Å². The van der Waals surface area contributed by atoms with Crippen molar-refractivity contribution in [3.8, 4) is 0 Å². The summed E-state index contributed by atoms with van der Waals surface area (Å²) in [7, 11) is 0. The van der Waals surface area contributed by atoms with Crippen LogP contribution in [0.1, 0.15) is 26.2 Å². The second-order valence-electron chi connectivity index (χ2n) is 2.77. The smallest absolute Gasteiger partial charge is 0.320 e. The molecule has 7 nitrogen and oxygen atoms in total. The highest BCUT2D eigenvalue weighted by atomic mass is 16.4. The molecular formula is C8H17N3O4. The molecule has 2 amide bonds. The molecule has 0 aliphatic carbocycles. The Hall–Kier alpha value is -1.63. The summed E-state index contributed by atoms with van der Waals surface area (Å²) in [5, 5.41) is 8.22. The number of hydrogen-bond acceptors (Lipinski definition) is 4. The van der Waals surface area contributed by atoms with Crippen LogP contribution in [0.4, 0.5) is 0 Å². The van der Waals surface area contributed by atoms with Crippen molar-refractivity contribution >= 4 is 17.8 Å². The third-order valence-electron chi connectivity index (χ3n) is 1.37. The van der Waals surface area contributed by atoms with Gasteiger partial charge in [0.25, 0.3) is 0 Å². The summed E-state index contributed by atoms with van der Waals surface area (Å²) in [6, 6.07) is -0.979. The molecule has 0 spiro atoms. The molecular weight excluding hydrogens is 202 g/mol. The van der Waals surface area contributed by atoms with E-state index in [0.29, 0.717) is 6.42 Å². The van der Waals surface area contributed by atoms with Crippen LogP contribution in [0.15, 0.2) is 0 Å². The van der Waals surface area contributed by atoms with Gasteiger partial charge in [0.15, 0.2) is 0 Å². The van der Waals surface area contributed by atoms with Gasteiger partial charge in [-0.15, -0.1) is 0 Å². The highest BCUT2D eigenvalue weighted by Crippen LogP contribution is 1.92. The zero-order valence-electron chi connectivity index (χ0n) is 8.60. The Morgan fingerprint density at radius 2 is 1.60 bits per heavy atom. The lowest BCUT2D eigenvalue weighted by atomic mass is 10.2. The summed E-state index contributed by atoms with van der Waals surface area (Å²) in [5.41, 5.74) is 14.5. The molecule has 0 aromatic rings. The number of primary amides is 2. The fourth-order valence-corrected chi connectivity index (χ4v) is 0.421. The quantitative estimate of drug-likeness (QED) is 0.446. The number of rotatable bonds is 5. The molecule has 7 heteroatoms. The van der Waals surface area contributed by atoms with Crippen LogP contribution in [0.2, 0.25) is 0 Å². The van der Waals surface area contributed by atoms with E-state index in [9.17, 15) is 14.4 Å². The number of amides is 2. The van der Waals surface area contributed by atoms with Gasteiger partial charge in [-0.1, -0.05) is 6.92 Å². The van der Waals surface area contributed by atoms with Crippen molar-refractivity contribution in [2.45, 2.75) is 32.2 Å². The van der Waals surface area contributed by atoms with Gasteiger partial charge in [0.05, 0.1) is 0 Å². The first-order chi connectivity index (χ1) is 6.81. The third-order valence-corrected chi connectivity index (χ3v) is 1.37. The molecule has 0 heterocycles. The molecule has 1 atom stereocenters. The molecule has 1 unspecified atom stereocenters. The van der Waals surface area contributed by atoms with Gasteiger partial charge in [-0.3, -0.25) is 14.4 Å².